The van der Waals surface area contributed by atoms with Gasteiger partial charge in [0.05, 0.1) is 6.42 Å². The molecule has 0 aliphatic rings. The molecule has 8 heteroatoms. The molecule has 1 aromatic heterocycles. The van der Waals surface area contributed by atoms with Crippen molar-refractivity contribution in [1.29, 1.82) is 0 Å². The Morgan fingerprint density at radius 1 is 1.35 bits per heavy atom. The topological polar surface area (TPSA) is 108 Å². The third-order valence-corrected chi connectivity index (χ3v) is 3.02. The summed E-state index contributed by atoms with van der Waals surface area (Å²) in [5.74, 6) is -1.63. The molecule has 0 fully saturated rings. The van der Waals surface area contributed by atoms with Crippen LogP contribution in [0.3, 0.4) is 0 Å². The Morgan fingerprint density at radius 2 is 2.00 bits per heavy atom. The van der Waals surface area contributed by atoms with E-state index in [0.29, 0.717) is 5.13 Å². The quantitative estimate of drug-likeness (QED) is 0.760. The molecule has 1 aromatic rings. The van der Waals surface area contributed by atoms with Crippen molar-refractivity contribution in [1.82, 2.24) is 10.3 Å². The molecule has 0 aliphatic carbocycles. The molecule has 0 aromatic carbocycles. The van der Waals surface area contributed by atoms with Crippen LogP contribution in [0.5, 0.6) is 0 Å². The number of rotatable bonds is 5. The van der Waals surface area contributed by atoms with Crippen LogP contribution >= 0.6 is 11.3 Å². The van der Waals surface area contributed by atoms with Gasteiger partial charge in [0.25, 0.3) is 5.91 Å². The highest BCUT2D eigenvalue weighted by Crippen LogP contribution is 2.20. The minimum atomic E-state index is -0.985. The summed E-state index contributed by atoms with van der Waals surface area (Å²) in [5.41, 5.74) is -0.389. The first-order valence-electron chi connectivity index (χ1n) is 5.97. The molecule has 20 heavy (non-hydrogen) atoms. The fourth-order valence-electron chi connectivity index (χ4n) is 1.09. The van der Waals surface area contributed by atoms with Gasteiger partial charge in [-0.3, -0.25) is 14.4 Å². The summed E-state index contributed by atoms with van der Waals surface area (Å²) in [4.78, 5) is 37.7. The van der Waals surface area contributed by atoms with Gasteiger partial charge in [-0.1, -0.05) is 20.8 Å². The van der Waals surface area contributed by atoms with Crippen molar-refractivity contribution in [3.05, 3.63) is 11.1 Å². The van der Waals surface area contributed by atoms with Crippen LogP contribution in [0.2, 0.25) is 0 Å². The van der Waals surface area contributed by atoms with Crippen LogP contribution in [-0.4, -0.2) is 34.4 Å². The van der Waals surface area contributed by atoms with Crippen LogP contribution in [0.15, 0.2) is 5.38 Å². The predicted molar refractivity (Wildman–Crippen MR) is 74.8 cm³/mol. The second kappa shape index (κ2) is 6.47. The van der Waals surface area contributed by atoms with E-state index in [9.17, 15) is 14.4 Å². The maximum Gasteiger partial charge on any atom is 0.305 e. The fraction of sp³-hybridized carbons (Fsp3) is 0.500. The highest BCUT2D eigenvalue weighted by Gasteiger charge is 2.22. The summed E-state index contributed by atoms with van der Waals surface area (Å²) >= 11 is 1.14. The number of nitrogens with zero attached hydrogens (tertiary/aromatic N) is 1. The van der Waals surface area contributed by atoms with Crippen LogP contribution in [0, 0.1) is 5.41 Å². The van der Waals surface area contributed by atoms with Gasteiger partial charge in [-0.25, -0.2) is 4.98 Å². The van der Waals surface area contributed by atoms with Gasteiger partial charge in [0.1, 0.15) is 5.69 Å². The number of aliphatic carboxylic acids is 1. The zero-order valence-electron chi connectivity index (χ0n) is 11.5. The van der Waals surface area contributed by atoms with Gasteiger partial charge < -0.3 is 15.7 Å². The first-order chi connectivity index (χ1) is 9.20. The average Bonchev–Trinajstić information content (AvgIpc) is 2.75. The highest BCUT2D eigenvalue weighted by molar-refractivity contribution is 7.14. The number of anilines is 1. The Labute approximate surface area is 120 Å². The molecule has 1 heterocycles. The molecule has 7 nitrogen and oxygen atoms in total. The summed E-state index contributed by atoms with van der Waals surface area (Å²) in [7, 11) is 0. The molecular formula is C12H17N3O4S. The highest BCUT2D eigenvalue weighted by atomic mass is 32.1. The molecule has 0 atom stereocenters. The number of thiazole rings is 1. The third kappa shape index (κ3) is 4.96. The van der Waals surface area contributed by atoms with Crippen molar-refractivity contribution in [3.63, 3.8) is 0 Å². The van der Waals surface area contributed by atoms with Gasteiger partial charge in [-0.15, -0.1) is 11.3 Å². The summed E-state index contributed by atoms with van der Waals surface area (Å²) in [6.07, 6.45) is -0.149. The number of aromatic nitrogens is 1. The van der Waals surface area contributed by atoms with Crippen LogP contribution in [0.4, 0.5) is 5.13 Å². The van der Waals surface area contributed by atoms with E-state index in [1.54, 1.807) is 20.8 Å². The van der Waals surface area contributed by atoms with E-state index in [2.05, 4.69) is 15.6 Å². The van der Waals surface area contributed by atoms with E-state index < -0.39 is 17.3 Å². The molecule has 0 unspecified atom stereocenters. The Morgan fingerprint density at radius 3 is 2.55 bits per heavy atom. The van der Waals surface area contributed by atoms with Crippen LogP contribution in [-0.2, 0) is 9.59 Å². The largest absolute Gasteiger partial charge is 0.481 e. The molecule has 0 spiro atoms. The molecule has 0 bridgehead atoms. The summed E-state index contributed by atoms with van der Waals surface area (Å²) < 4.78 is 0. The lowest BCUT2D eigenvalue weighted by Gasteiger charge is -2.15. The summed E-state index contributed by atoms with van der Waals surface area (Å²) in [5, 5.41) is 15.4. The predicted octanol–water partition coefficient (Wildman–Crippen LogP) is 1.33. The Bertz CT molecular complexity index is 519. The zero-order valence-corrected chi connectivity index (χ0v) is 12.3. The average molecular weight is 299 g/mol. The lowest BCUT2D eigenvalue weighted by molar-refractivity contribution is -0.136. The third-order valence-electron chi connectivity index (χ3n) is 2.26. The minimum Gasteiger partial charge on any atom is -0.481 e. The SMILES string of the molecule is CC(C)(C)C(=O)Nc1nc(C(=O)NCCC(=O)O)cs1. The fourth-order valence-corrected chi connectivity index (χ4v) is 1.78. The zero-order chi connectivity index (χ0) is 15.3. The summed E-state index contributed by atoms with van der Waals surface area (Å²) in [6, 6.07) is 0. The van der Waals surface area contributed by atoms with Crippen molar-refractivity contribution >= 4 is 34.3 Å². The number of carbonyl (C=O) groups is 3. The van der Waals surface area contributed by atoms with Crippen molar-refractivity contribution in [2.75, 3.05) is 11.9 Å². The van der Waals surface area contributed by atoms with E-state index in [1.165, 1.54) is 5.38 Å². The number of carboxylic acids is 1. The van der Waals surface area contributed by atoms with Gasteiger partial charge >= 0.3 is 5.97 Å². The van der Waals surface area contributed by atoms with E-state index >= 15 is 0 Å². The van der Waals surface area contributed by atoms with E-state index in [1.807, 2.05) is 0 Å². The number of carboxylic acid groups (broad SMARTS) is 1. The number of hydrogen-bond acceptors (Lipinski definition) is 5. The maximum atomic E-state index is 11.7. The van der Waals surface area contributed by atoms with Crippen LogP contribution < -0.4 is 10.6 Å². The van der Waals surface area contributed by atoms with Crippen LogP contribution in [0.25, 0.3) is 0 Å². The van der Waals surface area contributed by atoms with Gasteiger partial charge in [0.2, 0.25) is 5.91 Å². The second-order valence-corrected chi connectivity index (χ2v) is 6.00. The standard InChI is InChI=1S/C12H17N3O4S/c1-12(2,3)10(19)15-11-14-7(6-20-11)9(18)13-5-4-8(16)17/h6H,4-5H2,1-3H3,(H,13,18)(H,16,17)(H,14,15,19). The Hall–Kier alpha value is -1.96. The monoisotopic (exact) mass is 299 g/mol. The molecule has 110 valence electrons. The van der Waals surface area contributed by atoms with Gasteiger partial charge in [0.15, 0.2) is 5.13 Å². The Kier molecular flexibility index (Phi) is 5.20. The smallest absolute Gasteiger partial charge is 0.305 e. The van der Waals surface area contributed by atoms with Crippen molar-refractivity contribution in [3.8, 4) is 0 Å². The number of hydrogen-bond donors (Lipinski definition) is 3. The Balaban J connectivity index is 2.57. The first kappa shape index (κ1) is 16.1. The first-order valence-corrected chi connectivity index (χ1v) is 6.85. The lowest BCUT2D eigenvalue weighted by atomic mass is 9.96. The lowest BCUT2D eigenvalue weighted by Crippen LogP contribution is -2.28. The van der Waals surface area contributed by atoms with Gasteiger partial charge in [-0.2, -0.15) is 0 Å². The number of carbonyl (C=O) groups excluding carboxylic acids is 2. The summed E-state index contributed by atoms with van der Waals surface area (Å²) in [6.45, 7) is 5.36. The van der Waals surface area contributed by atoms with Gasteiger partial charge in [-0.05, 0) is 0 Å². The van der Waals surface area contributed by atoms with Gasteiger partial charge in [0, 0.05) is 17.3 Å². The molecule has 0 radical (unpaired) electrons. The molecule has 1 rings (SSSR count). The van der Waals surface area contributed by atoms with Crippen molar-refractivity contribution in [2.45, 2.75) is 27.2 Å². The number of nitrogens with one attached hydrogen (secondary N) is 2. The van der Waals surface area contributed by atoms with E-state index in [0.717, 1.165) is 11.3 Å². The van der Waals surface area contributed by atoms with Crippen molar-refractivity contribution < 1.29 is 19.5 Å². The molecular weight excluding hydrogens is 282 g/mol. The van der Waals surface area contributed by atoms with Crippen LogP contribution in [0.1, 0.15) is 37.7 Å². The maximum absolute atomic E-state index is 11.7. The van der Waals surface area contributed by atoms with Crippen molar-refractivity contribution in [2.24, 2.45) is 5.41 Å². The molecule has 2 amide bonds. The normalized spacial score (nSPS) is 10.9. The second-order valence-electron chi connectivity index (χ2n) is 5.14. The molecule has 0 saturated heterocycles. The number of amides is 2. The molecule has 0 saturated carbocycles. The minimum absolute atomic E-state index is 0.0371. The molecule has 3 N–H and O–H groups in total. The van der Waals surface area contributed by atoms with E-state index in [4.69, 9.17) is 5.11 Å². The van der Waals surface area contributed by atoms with E-state index in [-0.39, 0.29) is 24.6 Å². The molecule has 0 aliphatic heterocycles.